The topological polar surface area (TPSA) is 60.2 Å². The maximum Gasteiger partial charge on any atom is 0.201 e. The fraction of sp³-hybridized carbons (Fsp3) is 0. The van der Waals surface area contributed by atoms with Gasteiger partial charge in [-0.3, -0.25) is 0 Å². The fourth-order valence-electron chi connectivity index (χ4n) is 1.56. The molecule has 0 aliphatic rings. The Kier molecular flexibility index (Phi) is 3.93. The Balaban J connectivity index is 2.38. The van der Waals surface area contributed by atoms with E-state index in [2.05, 4.69) is 0 Å². The summed E-state index contributed by atoms with van der Waals surface area (Å²) in [5.41, 5.74) is 6.60. The Hall–Kier alpha value is -1.78. The first kappa shape index (κ1) is 13.6. The van der Waals surface area contributed by atoms with Crippen LogP contribution in [-0.2, 0) is 9.84 Å². The monoisotopic (exact) mass is 293 g/mol. The van der Waals surface area contributed by atoms with E-state index in [4.69, 9.17) is 17.3 Å². The predicted molar refractivity (Wildman–Crippen MR) is 77.2 cm³/mol. The summed E-state index contributed by atoms with van der Waals surface area (Å²) in [6.45, 7) is 0. The van der Waals surface area contributed by atoms with Gasteiger partial charge < -0.3 is 5.73 Å². The molecule has 0 saturated carbocycles. The average molecular weight is 294 g/mol. The minimum Gasteiger partial charge on any atom is -0.398 e. The van der Waals surface area contributed by atoms with E-state index in [0.717, 1.165) is 5.41 Å². The Bertz CT molecular complexity index is 692. The van der Waals surface area contributed by atoms with Crippen molar-refractivity contribution in [2.45, 2.75) is 4.90 Å². The number of halogens is 1. The molecule has 0 atom stereocenters. The Morgan fingerprint density at radius 1 is 1.00 bits per heavy atom. The second-order valence-corrected chi connectivity index (χ2v) is 6.17. The molecule has 0 fully saturated rings. The minimum absolute atomic E-state index is 0.181. The Labute approximate surface area is 117 Å². The summed E-state index contributed by atoms with van der Waals surface area (Å²) < 4.78 is 24.2. The van der Waals surface area contributed by atoms with Crippen molar-refractivity contribution in [3.63, 3.8) is 0 Å². The van der Waals surface area contributed by atoms with Crippen molar-refractivity contribution >= 4 is 27.1 Å². The van der Waals surface area contributed by atoms with Crippen LogP contribution in [0.3, 0.4) is 0 Å². The quantitative estimate of drug-likeness (QED) is 0.946. The third-order valence-electron chi connectivity index (χ3n) is 2.53. The number of nitrogens with two attached hydrogens (primary N) is 1. The number of rotatable bonds is 3. The summed E-state index contributed by atoms with van der Waals surface area (Å²) >= 11 is 5.77. The van der Waals surface area contributed by atoms with Crippen LogP contribution < -0.4 is 5.73 Å². The van der Waals surface area contributed by atoms with E-state index in [1.165, 1.54) is 12.1 Å². The third kappa shape index (κ3) is 3.36. The van der Waals surface area contributed by atoms with Crippen molar-refractivity contribution in [3.8, 4) is 0 Å². The van der Waals surface area contributed by atoms with Crippen LogP contribution in [0, 0.1) is 0 Å². The van der Waals surface area contributed by atoms with Gasteiger partial charge in [-0.15, -0.1) is 0 Å². The van der Waals surface area contributed by atoms with Gasteiger partial charge in [0.1, 0.15) is 0 Å². The maximum atomic E-state index is 12.1. The first-order chi connectivity index (χ1) is 8.99. The Morgan fingerprint density at radius 3 is 2.16 bits per heavy atom. The van der Waals surface area contributed by atoms with Gasteiger partial charge in [-0.25, -0.2) is 8.42 Å². The molecular weight excluding hydrogens is 282 g/mol. The van der Waals surface area contributed by atoms with Crippen LogP contribution in [0.1, 0.15) is 5.56 Å². The molecule has 0 bridgehead atoms. The molecule has 0 unspecified atom stereocenters. The minimum atomic E-state index is -3.54. The highest BCUT2D eigenvalue weighted by Crippen LogP contribution is 2.18. The highest BCUT2D eigenvalue weighted by molar-refractivity contribution is 7.94. The third-order valence-corrected chi connectivity index (χ3v) is 4.28. The second-order valence-electron chi connectivity index (χ2n) is 3.94. The molecule has 5 heteroatoms. The molecule has 0 heterocycles. The molecule has 0 amide bonds. The molecule has 2 aromatic rings. The van der Waals surface area contributed by atoms with Crippen LogP contribution in [0.4, 0.5) is 0 Å². The summed E-state index contributed by atoms with van der Waals surface area (Å²) in [6, 6.07) is 14.8. The lowest BCUT2D eigenvalue weighted by Gasteiger charge is -2.03. The summed E-state index contributed by atoms with van der Waals surface area (Å²) in [7, 11) is -3.54. The van der Waals surface area contributed by atoms with Gasteiger partial charge in [0.25, 0.3) is 0 Å². The summed E-state index contributed by atoms with van der Waals surface area (Å²) in [5, 5.41) is 1.63. The van der Waals surface area contributed by atoms with Crippen molar-refractivity contribution < 1.29 is 8.42 Å². The van der Waals surface area contributed by atoms with Crippen LogP contribution in [0.5, 0.6) is 0 Å². The van der Waals surface area contributed by atoms with E-state index < -0.39 is 9.84 Å². The van der Waals surface area contributed by atoms with Crippen LogP contribution in [0.25, 0.3) is 5.70 Å². The van der Waals surface area contributed by atoms with Gasteiger partial charge >= 0.3 is 0 Å². The molecule has 3 nitrogen and oxygen atoms in total. The number of hydrogen-bond acceptors (Lipinski definition) is 3. The zero-order chi connectivity index (χ0) is 13.9. The summed E-state index contributed by atoms with van der Waals surface area (Å²) in [4.78, 5) is 0.215. The van der Waals surface area contributed by atoms with Gasteiger partial charge in [0, 0.05) is 5.02 Å². The molecule has 98 valence electrons. The van der Waals surface area contributed by atoms with Gasteiger partial charge in [0.05, 0.1) is 16.0 Å². The van der Waals surface area contributed by atoms with E-state index >= 15 is 0 Å². The number of benzene rings is 2. The van der Waals surface area contributed by atoms with Gasteiger partial charge in [0.15, 0.2) is 0 Å². The molecule has 0 spiro atoms. The first-order valence-corrected chi connectivity index (χ1v) is 7.45. The van der Waals surface area contributed by atoms with Crippen molar-refractivity contribution in [1.82, 2.24) is 0 Å². The maximum absolute atomic E-state index is 12.1. The summed E-state index contributed by atoms with van der Waals surface area (Å²) in [6.07, 6.45) is 0. The molecule has 2 rings (SSSR count). The predicted octanol–water partition coefficient (Wildman–Crippen LogP) is 3.07. The molecule has 0 aliphatic heterocycles. The van der Waals surface area contributed by atoms with Crippen LogP contribution in [-0.4, -0.2) is 8.42 Å². The van der Waals surface area contributed by atoms with Crippen LogP contribution >= 0.6 is 11.6 Å². The first-order valence-electron chi connectivity index (χ1n) is 5.52. The van der Waals surface area contributed by atoms with Gasteiger partial charge in [-0.05, 0) is 29.8 Å². The molecule has 0 radical (unpaired) electrons. The summed E-state index contributed by atoms with van der Waals surface area (Å²) in [5.74, 6) is 0. The number of hydrogen-bond donors (Lipinski definition) is 1. The van der Waals surface area contributed by atoms with Crippen molar-refractivity contribution in [3.05, 3.63) is 70.6 Å². The van der Waals surface area contributed by atoms with E-state index in [1.54, 1.807) is 42.5 Å². The van der Waals surface area contributed by atoms with Gasteiger partial charge in [-0.1, -0.05) is 41.9 Å². The largest absolute Gasteiger partial charge is 0.398 e. The highest BCUT2D eigenvalue weighted by Gasteiger charge is 2.11. The molecule has 0 aliphatic carbocycles. The molecular formula is C14H12ClNO2S. The lowest BCUT2D eigenvalue weighted by molar-refractivity contribution is 0.604. The van der Waals surface area contributed by atoms with E-state index in [-0.39, 0.29) is 10.6 Å². The lowest BCUT2D eigenvalue weighted by Crippen LogP contribution is -2.03. The molecule has 0 saturated heterocycles. The smallest absolute Gasteiger partial charge is 0.201 e. The molecule has 19 heavy (non-hydrogen) atoms. The van der Waals surface area contributed by atoms with Crippen molar-refractivity contribution in [2.24, 2.45) is 5.73 Å². The van der Waals surface area contributed by atoms with Gasteiger partial charge in [-0.2, -0.15) is 0 Å². The average Bonchev–Trinajstić information content (AvgIpc) is 2.40. The number of sulfone groups is 1. The molecule has 2 aromatic carbocycles. The van der Waals surface area contributed by atoms with Crippen LogP contribution in [0.2, 0.25) is 5.02 Å². The van der Waals surface area contributed by atoms with E-state index in [1.807, 2.05) is 0 Å². The van der Waals surface area contributed by atoms with Crippen molar-refractivity contribution in [1.29, 1.82) is 0 Å². The lowest BCUT2D eigenvalue weighted by atomic mass is 10.2. The second kappa shape index (κ2) is 5.47. The highest BCUT2D eigenvalue weighted by atomic mass is 35.5. The SMILES string of the molecule is N/C(=C\S(=O)(=O)c1ccccc1)c1ccc(Cl)cc1. The zero-order valence-electron chi connectivity index (χ0n) is 9.95. The van der Waals surface area contributed by atoms with E-state index in [0.29, 0.717) is 10.6 Å². The standard InChI is InChI=1S/C14H12ClNO2S/c15-12-8-6-11(7-9-12)14(16)10-19(17,18)13-4-2-1-3-5-13/h1-10H,16H2/b14-10-. The van der Waals surface area contributed by atoms with Crippen LogP contribution in [0.15, 0.2) is 64.9 Å². The van der Waals surface area contributed by atoms with E-state index in [9.17, 15) is 8.42 Å². The molecule has 0 aromatic heterocycles. The fourth-order valence-corrected chi connectivity index (χ4v) is 2.82. The Morgan fingerprint density at radius 2 is 1.58 bits per heavy atom. The molecule has 2 N–H and O–H groups in total. The van der Waals surface area contributed by atoms with Crippen molar-refractivity contribution in [2.75, 3.05) is 0 Å². The normalized spacial score (nSPS) is 12.4. The van der Waals surface area contributed by atoms with Gasteiger partial charge in [0.2, 0.25) is 9.84 Å². The zero-order valence-corrected chi connectivity index (χ0v) is 11.5.